The van der Waals surface area contributed by atoms with Crippen LogP contribution in [0, 0.1) is 5.92 Å². The van der Waals surface area contributed by atoms with Crippen LogP contribution in [0.5, 0.6) is 0 Å². The molecule has 0 unspecified atom stereocenters. The predicted octanol–water partition coefficient (Wildman–Crippen LogP) is 5.20. The Bertz CT molecular complexity index is 2110. The zero-order chi connectivity index (χ0) is 38.0. The molecule has 0 radical (unpaired) electrons. The molecule has 0 aliphatic rings. The molecule has 5 rings (SSSR count). The first-order valence-electron chi connectivity index (χ1n) is 17.3. The topological polar surface area (TPSA) is 184 Å². The van der Waals surface area contributed by atoms with Crippen molar-refractivity contribution in [3.05, 3.63) is 138 Å². The van der Waals surface area contributed by atoms with Crippen LogP contribution in [0.1, 0.15) is 36.1 Å². The van der Waals surface area contributed by atoms with Crippen molar-refractivity contribution < 1.29 is 33.4 Å². The zero-order valence-electron chi connectivity index (χ0n) is 29.6. The minimum atomic E-state index is -4.14. The number of sulfonamides is 1. The molecular formula is C40H45N5O7S. The molecule has 0 fully saturated rings. The van der Waals surface area contributed by atoms with Crippen LogP contribution in [0.3, 0.4) is 0 Å². The highest BCUT2D eigenvalue weighted by Crippen LogP contribution is 2.27. The van der Waals surface area contributed by atoms with E-state index in [4.69, 9.17) is 5.21 Å². The van der Waals surface area contributed by atoms with E-state index >= 15 is 0 Å². The number of aliphatic hydroxyl groups is 1. The summed E-state index contributed by atoms with van der Waals surface area (Å²) in [7, 11) is -4.14. The lowest BCUT2D eigenvalue weighted by molar-refractivity contribution is -0.129. The highest BCUT2D eigenvalue weighted by molar-refractivity contribution is 7.89. The summed E-state index contributed by atoms with van der Waals surface area (Å²) in [5.41, 5.74) is 1.78. The largest absolute Gasteiger partial charge is 0.465 e. The average molecular weight is 740 g/mol. The first kappa shape index (κ1) is 38.7. The van der Waals surface area contributed by atoms with Crippen LogP contribution >= 0.6 is 0 Å². The number of hydrogen-bond acceptors (Lipinski definition) is 7. The number of carbonyl (C=O) groups excluding carboxylic acids is 1. The summed E-state index contributed by atoms with van der Waals surface area (Å²) in [4.78, 5) is 30.5. The highest BCUT2D eigenvalue weighted by Gasteiger charge is 2.43. The van der Waals surface area contributed by atoms with Crippen LogP contribution in [0.4, 0.5) is 4.79 Å². The van der Waals surface area contributed by atoms with Crippen molar-refractivity contribution in [2.45, 2.75) is 55.7 Å². The van der Waals surface area contributed by atoms with Crippen LogP contribution in [0.2, 0.25) is 0 Å². The second kappa shape index (κ2) is 17.3. The average Bonchev–Trinajstić information content (AvgIpc) is 3.54. The number of rotatable bonds is 17. The third-order valence-electron chi connectivity index (χ3n) is 9.06. The maximum atomic E-state index is 14.8. The lowest BCUT2D eigenvalue weighted by atomic mass is 9.83. The second-order valence-corrected chi connectivity index (χ2v) is 15.5. The molecule has 5 aromatic rings. The van der Waals surface area contributed by atoms with Crippen molar-refractivity contribution in [1.29, 1.82) is 0 Å². The minimum absolute atomic E-state index is 0.00945. The van der Waals surface area contributed by atoms with Crippen molar-refractivity contribution >= 4 is 39.1 Å². The first-order chi connectivity index (χ1) is 25.4. The van der Waals surface area contributed by atoms with Gasteiger partial charge in [-0.05, 0) is 52.8 Å². The molecule has 1 heterocycles. The van der Waals surface area contributed by atoms with E-state index in [1.54, 1.807) is 6.20 Å². The first-order valence-corrected chi connectivity index (χ1v) is 18.7. The second-order valence-electron chi connectivity index (χ2n) is 13.6. The third-order valence-corrected chi connectivity index (χ3v) is 10.9. The summed E-state index contributed by atoms with van der Waals surface area (Å²) >= 11 is 0. The van der Waals surface area contributed by atoms with Gasteiger partial charge in [-0.15, -0.1) is 0 Å². The Kier molecular flexibility index (Phi) is 12.7. The number of hydrogen-bond donors (Lipinski definition) is 6. The lowest BCUT2D eigenvalue weighted by Gasteiger charge is -2.36. The van der Waals surface area contributed by atoms with Crippen molar-refractivity contribution in [3.8, 4) is 0 Å². The lowest BCUT2D eigenvalue weighted by Crippen LogP contribution is -2.64. The zero-order valence-corrected chi connectivity index (χ0v) is 30.4. The van der Waals surface area contributed by atoms with Gasteiger partial charge in [0, 0.05) is 43.0 Å². The number of amides is 2. The fourth-order valence-corrected chi connectivity index (χ4v) is 8.16. The van der Waals surface area contributed by atoms with Crippen molar-refractivity contribution in [3.63, 3.8) is 0 Å². The van der Waals surface area contributed by atoms with E-state index in [-0.39, 0.29) is 43.2 Å². The molecule has 2 amide bonds. The maximum Gasteiger partial charge on any atom is 0.405 e. The standard InChI is InChI=1S/C40H45N5O7S/c1-28(2)26-45(53(51,52)33-19-17-31(18-20-33)24-42-50)27-37(46)36(21-29-11-5-3-6-12-29)43-38(47)40(44-39(48)49,22-30-13-7-4-8-14-30)23-32-25-41-35-16-10-9-15-34(32)35/h3-20,24-25,28,36-37,41,44,46,50H,21-23,26-27H2,1-2H3,(H,43,47)(H,48,49)/t36-,37-,40-/m0/s1. The van der Waals surface area contributed by atoms with Crippen molar-refractivity contribution in [2.75, 3.05) is 13.1 Å². The molecule has 0 bridgehead atoms. The van der Waals surface area contributed by atoms with Gasteiger partial charge in [0.15, 0.2) is 0 Å². The molecule has 1 aromatic heterocycles. The molecule has 6 N–H and O–H groups in total. The van der Waals surface area contributed by atoms with Crippen molar-refractivity contribution in [2.24, 2.45) is 11.1 Å². The van der Waals surface area contributed by atoms with E-state index in [0.29, 0.717) is 16.7 Å². The summed E-state index contributed by atoms with van der Waals surface area (Å²) in [5.74, 6) is -0.789. The summed E-state index contributed by atoms with van der Waals surface area (Å²) in [6.07, 6.45) is 0.212. The van der Waals surface area contributed by atoms with Gasteiger partial charge in [0.25, 0.3) is 0 Å². The van der Waals surface area contributed by atoms with Gasteiger partial charge >= 0.3 is 6.09 Å². The Morgan fingerprint density at radius 1 is 0.868 bits per heavy atom. The summed E-state index contributed by atoms with van der Waals surface area (Å²) in [6.45, 7) is 3.43. The van der Waals surface area contributed by atoms with Gasteiger partial charge in [0.1, 0.15) is 5.54 Å². The Labute approximate surface area is 309 Å². The van der Waals surface area contributed by atoms with Crippen LogP contribution in [0.15, 0.2) is 125 Å². The van der Waals surface area contributed by atoms with E-state index in [1.807, 2.05) is 98.8 Å². The number of nitrogens with zero attached hydrogens (tertiary/aromatic N) is 2. The van der Waals surface area contributed by atoms with Crippen LogP contribution in [-0.4, -0.2) is 82.1 Å². The number of carboxylic acid groups (broad SMARTS) is 1. The van der Waals surface area contributed by atoms with Gasteiger partial charge in [0.2, 0.25) is 15.9 Å². The maximum absolute atomic E-state index is 14.8. The summed E-state index contributed by atoms with van der Waals surface area (Å²) in [6, 6.07) is 30.5. The van der Waals surface area contributed by atoms with Gasteiger partial charge in [0.05, 0.1) is 23.3 Å². The number of para-hydroxylation sites is 1. The predicted molar refractivity (Wildman–Crippen MR) is 204 cm³/mol. The van der Waals surface area contributed by atoms with Crippen LogP contribution in [0.25, 0.3) is 10.9 Å². The number of H-pyrrole nitrogens is 1. The Balaban J connectivity index is 1.53. The highest BCUT2D eigenvalue weighted by atomic mass is 32.2. The smallest absolute Gasteiger partial charge is 0.405 e. The van der Waals surface area contributed by atoms with Gasteiger partial charge in [-0.1, -0.05) is 110 Å². The van der Waals surface area contributed by atoms with Crippen LogP contribution < -0.4 is 10.6 Å². The summed E-state index contributed by atoms with van der Waals surface area (Å²) in [5, 5.41) is 40.4. The number of fused-ring (bicyclic) bond motifs is 1. The number of nitrogens with one attached hydrogen (secondary N) is 3. The molecule has 0 aliphatic heterocycles. The van der Waals surface area contributed by atoms with Gasteiger partial charge in [-0.2, -0.15) is 4.31 Å². The molecule has 0 saturated heterocycles. The number of aromatic amines is 1. The number of carbonyl (C=O) groups is 2. The molecule has 12 nitrogen and oxygen atoms in total. The molecule has 0 spiro atoms. The number of aromatic nitrogens is 1. The molecule has 278 valence electrons. The number of aliphatic hydroxyl groups excluding tert-OH is 1. The van der Waals surface area contributed by atoms with E-state index in [9.17, 15) is 28.2 Å². The Hall–Kier alpha value is -5.50. The normalized spacial score (nSPS) is 14.3. The van der Waals surface area contributed by atoms with Gasteiger partial charge in [-0.25, -0.2) is 13.2 Å². The monoisotopic (exact) mass is 739 g/mol. The number of oxime groups is 1. The van der Waals surface area contributed by atoms with Crippen molar-refractivity contribution in [1.82, 2.24) is 19.9 Å². The Morgan fingerprint density at radius 2 is 1.49 bits per heavy atom. The number of benzene rings is 4. The molecule has 4 aromatic carbocycles. The van der Waals surface area contributed by atoms with Gasteiger partial charge < -0.3 is 31.0 Å². The van der Waals surface area contributed by atoms with E-state index in [0.717, 1.165) is 16.5 Å². The molecule has 13 heteroatoms. The van der Waals surface area contributed by atoms with Gasteiger partial charge in [-0.3, -0.25) is 4.79 Å². The SMILES string of the molecule is CC(C)CN(C[C@H](O)[C@H](Cc1ccccc1)NC(=O)[C@](Cc1ccccc1)(Cc1c[nH]c2ccccc12)NC(=O)O)S(=O)(=O)c1ccc(C=NO)cc1. The third kappa shape index (κ3) is 9.89. The fraction of sp³-hybridized carbons (Fsp3) is 0.275. The molecular weight excluding hydrogens is 695 g/mol. The molecule has 53 heavy (non-hydrogen) atoms. The van der Waals surface area contributed by atoms with E-state index in [1.165, 1.54) is 34.8 Å². The fourth-order valence-electron chi connectivity index (χ4n) is 6.53. The molecule has 3 atom stereocenters. The molecule has 0 aliphatic carbocycles. The minimum Gasteiger partial charge on any atom is -0.465 e. The quantitative estimate of drug-likeness (QED) is 0.0430. The molecule has 0 saturated carbocycles. The summed E-state index contributed by atoms with van der Waals surface area (Å²) < 4.78 is 29.2. The Morgan fingerprint density at radius 3 is 2.11 bits per heavy atom. The van der Waals surface area contributed by atoms with Crippen LogP contribution in [-0.2, 0) is 34.1 Å². The van der Waals surface area contributed by atoms with E-state index in [2.05, 4.69) is 20.8 Å². The van der Waals surface area contributed by atoms with E-state index < -0.39 is 39.7 Å².